The van der Waals surface area contributed by atoms with Crippen molar-refractivity contribution < 1.29 is 19.4 Å². The van der Waals surface area contributed by atoms with Gasteiger partial charge in [0.15, 0.2) is 5.78 Å². The Morgan fingerprint density at radius 2 is 1.52 bits per heavy atom. The molecule has 0 bridgehead atoms. The summed E-state index contributed by atoms with van der Waals surface area (Å²) in [6.07, 6.45) is 8.93. The first-order chi connectivity index (χ1) is 26.2. The Morgan fingerprint density at radius 3 is 2.22 bits per heavy atom. The molecule has 0 amide bonds. The predicted molar refractivity (Wildman–Crippen MR) is 212 cm³/mol. The van der Waals surface area contributed by atoms with Crippen LogP contribution in [-0.2, 0) is 22.6 Å². The Morgan fingerprint density at radius 1 is 0.852 bits per heavy atom. The smallest absolute Gasteiger partial charge is 0.229 e. The molecule has 10 nitrogen and oxygen atoms in total. The molecular formula is C44H58N6O4. The number of aryl methyl sites for hydroxylation is 2. The van der Waals surface area contributed by atoms with Gasteiger partial charge in [0, 0.05) is 76.2 Å². The van der Waals surface area contributed by atoms with Crippen LogP contribution in [0.15, 0.2) is 54.6 Å². The van der Waals surface area contributed by atoms with Crippen molar-refractivity contribution in [3.05, 3.63) is 71.3 Å². The Hall–Kier alpha value is -4.02. The van der Waals surface area contributed by atoms with E-state index in [2.05, 4.69) is 56.9 Å². The SMILES string of the molecule is Cc1ccc(OCc2ccccc2)cc1CCC1CCCC2(C)C1C(=O)CC2(O)C(=O)CN1CCN(c2cc(N3CCCC3)nc(N3CCCC3)n2)CC1. The number of ketones is 2. The molecule has 3 aromatic rings. The quantitative estimate of drug-likeness (QED) is 0.238. The van der Waals surface area contributed by atoms with Crippen molar-refractivity contribution in [1.82, 2.24) is 14.9 Å². The van der Waals surface area contributed by atoms with Crippen LogP contribution in [0.25, 0.3) is 0 Å². The van der Waals surface area contributed by atoms with Gasteiger partial charge in [0.2, 0.25) is 5.95 Å². The number of carbonyl (C=O) groups is 2. The average Bonchev–Trinajstić information content (AvgIpc) is 3.97. The maximum absolute atomic E-state index is 14.2. The van der Waals surface area contributed by atoms with Crippen molar-refractivity contribution in [3.63, 3.8) is 0 Å². The zero-order valence-electron chi connectivity index (χ0n) is 32.3. The number of carbonyl (C=O) groups excluding carboxylic acids is 2. The zero-order chi connectivity index (χ0) is 37.3. The van der Waals surface area contributed by atoms with Crippen molar-refractivity contribution in [2.45, 2.75) is 90.3 Å². The lowest BCUT2D eigenvalue weighted by atomic mass is 9.58. The normalized spacial score (nSPS) is 27.5. The lowest BCUT2D eigenvalue weighted by Gasteiger charge is -2.47. The highest BCUT2D eigenvalue weighted by molar-refractivity contribution is 6.00. The van der Waals surface area contributed by atoms with Gasteiger partial charge in [0.25, 0.3) is 0 Å². The maximum Gasteiger partial charge on any atom is 0.229 e. The number of rotatable bonds is 12. The van der Waals surface area contributed by atoms with Crippen LogP contribution in [0, 0.1) is 24.2 Å². The lowest BCUT2D eigenvalue weighted by Crippen LogP contribution is -2.57. The molecule has 2 saturated carbocycles. The summed E-state index contributed by atoms with van der Waals surface area (Å²) in [4.78, 5) is 47.3. The predicted octanol–water partition coefficient (Wildman–Crippen LogP) is 6.01. The van der Waals surface area contributed by atoms with Gasteiger partial charge >= 0.3 is 0 Å². The van der Waals surface area contributed by atoms with Crippen molar-refractivity contribution in [3.8, 4) is 5.75 Å². The molecule has 1 N–H and O–H groups in total. The van der Waals surface area contributed by atoms with E-state index in [0.29, 0.717) is 26.1 Å². The maximum atomic E-state index is 14.2. The van der Waals surface area contributed by atoms with Crippen LogP contribution >= 0.6 is 0 Å². The Kier molecular flexibility index (Phi) is 10.7. The standard InChI is InChI=1S/C44H58N6O4/c1-32-14-17-36(54-31-33-11-4-3-5-12-33)27-35(32)16-15-34-13-10-18-43(2)41(34)37(51)29-44(43,53)38(52)30-47-23-25-49(26-24-47)40-28-39(48-19-6-7-20-48)45-42(46-40)50-21-8-9-22-50/h3-5,11-12,14,17,27-28,34,41,53H,6-10,13,15-16,18-26,29-31H2,1-2H3. The minimum Gasteiger partial charge on any atom is -0.489 e. The number of anilines is 3. The van der Waals surface area contributed by atoms with Gasteiger partial charge in [-0.1, -0.05) is 49.7 Å². The minimum atomic E-state index is -1.63. The molecule has 5 fully saturated rings. The highest BCUT2D eigenvalue weighted by Gasteiger charge is 2.66. The first-order valence-corrected chi connectivity index (χ1v) is 20.6. The molecule has 54 heavy (non-hydrogen) atoms. The third-order valence-electron chi connectivity index (χ3n) is 13.5. The molecule has 10 heteroatoms. The van der Waals surface area contributed by atoms with Gasteiger partial charge < -0.3 is 24.5 Å². The number of hydrogen-bond acceptors (Lipinski definition) is 10. The van der Waals surface area contributed by atoms with E-state index in [4.69, 9.17) is 14.7 Å². The fourth-order valence-electron chi connectivity index (χ4n) is 10.2. The molecule has 2 aromatic carbocycles. The second-order valence-electron chi connectivity index (χ2n) is 16.9. The summed E-state index contributed by atoms with van der Waals surface area (Å²) in [7, 11) is 0. The van der Waals surface area contributed by atoms with E-state index in [1.165, 1.54) is 36.8 Å². The lowest BCUT2D eigenvalue weighted by molar-refractivity contribution is -0.157. The van der Waals surface area contributed by atoms with Crippen molar-refractivity contribution in [2.24, 2.45) is 17.3 Å². The summed E-state index contributed by atoms with van der Waals surface area (Å²) in [5.74, 6) is 3.37. The Labute approximate surface area is 320 Å². The number of piperazine rings is 1. The summed E-state index contributed by atoms with van der Waals surface area (Å²) in [5, 5.41) is 12.3. The third kappa shape index (κ3) is 7.36. The molecule has 3 saturated heterocycles. The van der Waals surface area contributed by atoms with Gasteiger partial charge in [-0.05, 0) is 93.0 Å². The second-order valence-corrected chi connectivity index (χ2v) is 16.9. The van der Waals surface area contributed by atoms with Gasteiger partial charge in [-0.25, -0.2) is 0 Å². The number of nitrogens with zero attached hydrogens (tertiary/aromatic N) is 6. The molecule has 0 radical (unpaired) electrons. The summed E-state index contributed by atoms with van der Waals surface area (Å²) in [6.45, 7) is 11.8. The van der Waals surface area contributed by atoms with Crippen LogP contribution in [0.1, 0.15) is 81.4 Å². The number of benzene rings is 2. The molecule has 5 aliphatic rings. The number of aromatic nitrogens is 2. The Balaban J connectivity index is 0.896. The summed E-state index contributed by atoms with van der Waals surface area (Å²) in [5.41, 5.74) is 1.19. The van der Waals surface area contributed by atoms with Gasteiger partial charge in [-0.2, -0.15) is 9.97 Å². The van der Waals surface area contributed by atoms with Crippen LogP contribution < -0.4 is 19.4 Å². The molecule has 4 heterocycles. The van der Waals surface area contributed by atoms with E-state index in [1.807, 2.05) is 31.2 Å². The molecule has 2 aliphatic carbocycles. The molecule has 288 valence electrons. The van der Waals surface area contributed by atoms with Gasteiger partial charge in [-0.3, -0.25) is 14.5 Å². The molecule has 1 aromatic heterocycles. The second kappa shape index (κ2) is 15.6. The molecule has 8 rings (SSSR count). The van der Waals surface area contributed by atoms with E-state index >= 15 is 0 Å². The van der Waals surface area contributed by atoms with Crippen LogP contribution in [0.3, 0.4) is 0 Å². The highest BCUT2D eigenvalue weighted by Crippen LogP contribution is 2.59. The van der Waals surface area contributed by atoms with E-state index in [9.17, 15) is 14.7 Å². The summed E-state index contributed by atoms with van der Waals surface area (Å²) >= 11 is 0. The number of hydrogen-bond donors (Lipinski definition) is 1. The van der Waals surface area contributed by atoms with Gasteiger partial charge in [0.05, 0.1) is 6.54 Å². The molecule has 4 atom stereocenters. The molecule has 0 spiro atoms. The first-order valence-electron chi connectivity index (χ1n) is 20.6. The zero-order valence-corrected chi connectivity index (χ0v) is 32.3. The van der Waals surface area contributed by atoms with Crippen LogP contribution in [0.4, 0.5) is 17.6 Å². The third-order valence-corrected chi connectivity index (χ3v) is 13.5. The first kappa shape index (κ1) is 36.9. The van der Waals surface area contributed by atoms with E-state index in [0.717, 1.165) is 93.8 Å². The van der Waals surface area contributed by atoms with Crippen LogP contribution in [0.5, 0.6) is 5.75 Å². The minimum absolute atomic E-state index is 0.0610. The van der Waals surface area contributed by atoms with E-state index in [1.54, 1.807) is 0 Å². The monoisotopic (exact) mass is 734 g/mol. The topological polar surface area (TPSA) is 102 Å². The molecule has 3 aliphatic heterocycles. The Bertz CT molecular complexity index is 1770. The summed E-state index contributed by atoms with van der Waals surface area (Å²) < 4.78 is 6.13. The number of aliphatic hydroxyl groups is 1. The van der Waals surface area contributed by atoms with Crippen molar-refractivity contribution >= 4 is 29.2 Å². The fraction of sp³-hybridized carbons (Fsp3) is 0.591. The highest BCUT2D eigenvalue weighted by atomic mass is 16.5. The van der Waals surface area contributed by atoms with Gasteiger partial charge in [-0.15, -0.1) is 0 Å². The van der Waals surface area contributed by atoms with Crippen LogP contribution in [-0.4, -0.2) is 96.0 Å². The van der Waals surface area contributed by atoms with Crippen molar-refractivity contribution in [2.75, 3.05) is 73.6 Å². The number of ether oxygens (including phenoxy) is 1. The largest absolute Gasteiger partial charge is 0.489 e. The summed E-state index contributed by atoms with van der Waals surface area (Å²) in [6, 6.07) is 18.6. The van der Waals surface area contributed by atoms with Crippen LogP contribution in [0.2, 0.25) is 0 Å². The average molecular weight is 735 g/mol. The number of fused-ring (bicyclic) bond motifs is 1. The molecule has 4 unspecified atom stereocenters. The fourth-order valence-corrected chi connectivity index (χ4v) is 10.2. The van der Waals surface area contributed by atoms with Gasteiger partial charge in [0.1, 0.15) is 35.4 Å². The van der Waals surface area contributed by atoms with E-state index in [-0.39, 0.29) is 36.4 Å². The molecular weight excluding hydrogens is 677 g/mol. The van der Waals surface area contributed by atoms with E-state index < -0.39 is 11.0 Å². The number of Topliss-reactive ketones (excluding diaryl/α,β-unsaturated/α-hetero) is 2. The van der Waals surface area contributed by atoms with Crippen molar-refractivity contribution in [1.29, 1.82) is 0 Å².